The van der Waals surface area contributed by atoms with Crippen LogP contribution in [-0.2, 0) is 6.61 Å². The first-order valence-corrected chi connectivity index (χ1v) is 7.47. The third kappa shape index (κ3) is 3.20. The second kappa shape index (κ2) is 6.29. The monoisotopic (exact) mass is 325 g/mol. The molecular weight excluding hydrogens is 314 g/mol. The minimum atomic E-state index is -0.499. The van der Waals surface area contributed by atoms with Crippen LogP contribution in [0.3, 0.4) is 0 Å². The molecule has 0 radical (unpaired) electrons. The number of ether oxygens (including phenoxy) is 1. The average molecular weight is 325 g/mol. The van der Waals surface area contributed by atoms with E-state index in [9.17, 15) is 4.79 Å². The topological polar surface area (TPSA) is 107 Å². The van der Waals surface area contributed by atoms with Gasteiger partial charge in [-0.3, -0.25) is 4.79 Å². The molecule has 0 atom stereocenters. The number of nitriles is 1. The summed E-state index contributed by atoms with van der Waals surface area (Å²) in [5.74, 6) is 0.132. The Morgan fingerprint density at radius 3 is 2.83 bits per heavy atom. The molecule has 0 saturated carbocycles. The first-order chi connectivity index (χ1) is 11.2. The van der Waals surface area contributed by atoms with Gasteiger partial charge in [-0.15, -0.1) is 16.4 Å². The number of aromatic nitrogens is 3. The molecule has 0 unspecified atom stereocenters. The van der Waals surface area contributed by atoms with Gasteiger partial charge in [0.25, 0.3) is 5.91 Å². The van der Waals surface area contributed by atoms with Crippen LogP contribution >= 0.6 is 11.3 Å². The summed E-state index contributed by atoms with van der Waals surface area (Å²) in [5.41, 5.74) is 7.10. The largest absolute Gasteiger partial charge is 0.487 e. The van der Waals surface area contributed by atoms with E-state index in [0.29, 0.717) is 27.6 Å². The Kier molecular flexibility index (Phi) is 4.03. The maximum Gasteiger partial charge on any atom is 0.260 e. The summed E-state index contributed by atoms with van der Waals surface area (Å²) in [5, 5.41) is 18.5. The lowest BCUT2D eigenvalue weighted by Crippen LogP contribution is -2.12. The zero-order chi connectivity index (χ0) is 16.2. The van der Waals surface area contributed by atoms with Gasteiger partial charge in [-0.05, 0) is 35.7 Å². The summed E-state index contributed by atoms with van der Waals surface area (Å²) >= 11 is 1.25. The van der Waals surface area contributed by atoms with Gasteiger partial charge in [-0.1, -0.05) is 5.21 Å². The van der Waals surface area contributed by atoms with E-state index in [1.54, 1.807) is 41.9 Å². The lowest BCUT2D eigenvalue weighted by Gasteiger charge is -2.03. The highest BCUT2D eigenvalue weighted by Gasteiger charge is 2.13. The number of benzene rings is 1. The van der Waals surface area contributed by atoms with Crippen molar-refractivity contribution in [1.29, 1.82) is 5.26 Å². The van der Waals surface area contributed by atoms with Crippen LogP contribution in [0.5, 0.6) is 5.75 Å². The fourth-order valence-corrected chi connectivity index (χ4v) is 2.66. The van der Waals surface area contributed by atoms with E-state index >= 15 is 0 Å². The fourth-order valence-electron chi connectivity index (χ4n) is 1.93. The number of hydrogen-bond acceptors (Lipinski definition) is 6. The lowest BCUT2D eigenvalue weighted by molar-refractivity contribution is 0.100. The highest BCUT2D eigenvalue weighted by atomic mass is 32.1. The van der Waals surface area contributed by atoms with Gasteiger partial charge in [0, 0.05) is 0 Å². The van der Waals surface area contributed by atoms with Crippen LogP contribution in [0.15, 0.2) is 41.9 Å². The van der Waals surface area contributed by atoms with E-state index in [4.69, 9.17) is 15.7 Å². The molecule has 23 heavy (non-hydrogen) atoms. The fraction of sp³-hybridized carbons (Fsp3) is 0.0667. The van der Waals surface area contributed by atoms with Crippen LogP contribution in [0, 0.1) is 11.3 Å². The van der Waals surface area contributed by atoms with Crippen molar-refractivity contribution in [3.05, 3.63) is 58.0 Å². The molecule has 3 aromatic rings. The van der Waals surface area contributed by atoms with Gasteiger partial charge in [0.15, 0.2) is 0 Å². The number of amides is 1. The summed E-state index contributed by atoms with van der Waals surface area (Å²) in [6.45, 7) is 0.224. The Morgan fingerprint density at radius 2 is 2.13 bits per heavy atom. The number of rotatable bonds is 5. The Bertz CT molecular complexity index is 876. The second-order valence-electron chi connectivity index (χ2n) is 4.58. The van der Waals surface area contributed by atoms with E-state index < -0.39 is 5.91 Å². The summed E-state index contributed by atoms with van der Waals surface area (Å²) in [4.78, 5) is 11.8. The molecule has 1 amide bonds. The van der Waals surface area contributed by atoms with Crippen molar-refractivity contribution in [1.82, 2.24) is 15.0 Å². The molecule has 7 nitrogen and oxygen atoms in total. The van der Waals surface area contributed by atoms with Crippen LogP contribution in [0.1, 0.15) is 20.9 Å². The molecule has 0 fully saturated rings. The zero-order valence-corrected chi connectivity index (χ0v) is 12.7. The molecule has 0 aliphatic heterocycles. The Labute approximate surface area is 135 Å². The molecule has 8 heteroatoms. The summed E-state index contributed by atoms with van der Waals surface area (Å²) in [6.07, 6.45) is 1.68. The van der Waals surface area contributed by atoms with Crippen molar-refractivity contribution in [2.45, 2.75) is 6.61 Å². The van der Waals surface area contributed by atoms with Crippen LogP contribution in [0.25, 0.3) is 5.69 Å². The van der Waals surface area contributed by atoms with Gasteiger partial charge in [0.2, 0.25) is 0 Å². The number of carbonyl (C=O) groups is 1. The molecule has 0 aliphatic carbocycles. The van der Waals surface area contributed by atoms with Gasteiger partial charge in [-0.2, -0.15) is 5.26 Å². The minimum absolute atomic E-state index is 0.224. The second-order valence-corrected chi connectivity index (χ2v) is 5.49. The van der Waals surface area contributed by atoms with E-state index in [1.165, 1.54) is 16.0 Å². The normalized spacial score (nSPS) is 10.2. The number of carbonyl (C=O) groups excluding carboxylic acids is 1. The molecule has 3 rings (SSSR count). The molecule has 114 valence electrons. The molecule has 1 aromatic carbocycles. The number of nitrogens with zero attached hydrogens (tertiary/aromatic N) is 4. The van der Waals surface area contributed by atoms with Gasteiger partial charge in [0.05, 0.1) is 23.5 Å². The lowest BCUT2D eigenvalue weighted by atomic mass is 10.2. The van der Waals surface area contributed by atoms with Crippen molar-refractivity contribution in [3.8, 4) is 17.5 Å². The van der Waals surface area contributed by atoms with E-state index in [2.05, 4.69) is 10.3 Å². The Hall–Kier alpha value is -3.18. The van der Waals surface area contributed by atoms with Crippen LogP contribution < -0.4 is 10.5 Å². The van der Waals surface area contributed by atoms with Crippen LogP contribution in [0.4, 0.5) is 0 Å². The van der Waals surface area contributed by atoms with E-state index in [-0.39, 0.29) is 6.61 Å². The molecule has 2 heterocycles. The molecule has 2 aromatic heterocycles. The number of thiophene rings is 1. The average Bonchev–Trinajstić information content (AvgIpc) is 3.22. The summed E-state index contributed by atoms with van der Waals surface area (Å²) in [7, 11) is 0. The predicted molar refractivity (Wildman–Crippen MR) is 83.2 cm³/mol. The first-order valence-electron chi connectivity index (χ1n) is 6.59. The Balaban J connectivity index is 1.71. The SMILES string of the molecule is N#Cc1ccc(OCc2cn(-c3ccsc3C(N)=O)nn2)cc1. The van der Waals surface area contributed by atoms with Crippen LogP contribution in [-0.4, -0.2) is 20.9 Å². The zero-order valence-electron chi connectivity index (χ0n) is 11.8. The van der Waals surface area contributed by atoms with E-state index in [0.717, 1.165) is 0 Å². The third-order valence-electron chi connectivity index (χ3n) is 3.03. The predicted octanol–water partition coefficient (Wildman–Crippen LogP) is 1.88. The maximum absolute atomic E-state index is 11.3. The Morgan fingerprint density at radius 1 is 1.35 bits per heavy atom. The van der Waals surface area contributed by atoms with Gasteiger partial charge in [-0.25, -0.2) is 4.68 Å². The highest BCUT2D eigenvalue weighted by molar-refractivity contribution is 7.12. The van der Waals surface area contributed by atoms with Gasteiger partial charge >= 0.3 is 0 Å². The third-order valence-corrected chi connectivity index (χ3v) is 3.94. The van der Waals surface area contributed by atoms with Crippen molar-refractivity contribution in [2.24, 2.45) is 5.73 Å². The quantitative estimate of drug-likeness (QED) is 0.770. The smallest absolute Gasteiger partial charge is 0.260 e. The van der Waals surface area contributed by atoms with Crippen molar-refractivity contribution in [2.75, 3.05) is 0 Å². The van der Waals surface area contributed by atoms with Crippen molar-refractivity contribution < 1.29 is 9.53 Å². The summed E-state index contributed by atoms with van der Waals surface area (Å²) < 4.78 is 7.08. The van der Waals surface area contributed by atoms with Gasteiger partial charge in [0.1, 0.15) is 22.9 Å². The number of primary amides is 1. The standard InChI is InChI=1S/C15H11N5O2S/c16-7-10-1-3-12(4-2-10)22-9-11-8-20(19-18-11)13-5-6-23-14(13)15(17)21/h1-6,8H,9H2,(H2,17,21). The minimum Gasteiger partial charge on any atom is -0.487 e. The van der Waals surface area contributed by atoms with E-state index in [1.807, 2.05) is 6.07 Å². The number of nitrogens with two attached hydrogens (primary N) is 1. The van der Waals surface area contributed by atoms with Crippen molar-refractivity contribution in [3.63, 3.8) is 0 Å². The molecule has 0 saturated heterocycles. The highest BCUT2D eigenvalue weighted by Crippen LogP contribution is 2.20. The maximum atomic E-state index is 11.3. The first kappa shape index (κ1) is 14.7. The molecule has 0 aliphatic rings. The molecule has 0 bridgehead atoms. The molecule has 2 N–H and O–H groups in total. The number of hydrogen-bond donors (Lipinski definition) is 1. The molecule has 0 spiro atoms. The van der Waals surface area contributed by atoms with Crippen LogP contribution in [0.2, 0.25) is 0 Å². The summed E-state index contributed by atoms with van der Waals surface area (Å²) in [6, 6.07) is 10.6. The van der Waals surface area contributed by atoms with Crippen molar-refractivity contribution >= 4 is 17.2 Å². The molecular formula is C15H11N5O2S. The van der Waals surface area contributed by atoms with Gasteiger partial charge < -0.3 is 10.5 Å².